The summed E-state index contributed by atoms with van der Waals surface area (Å²) in [5.41, 5.74) is 3.02. The summed E-state index contributed by atoms with van der Waals surface area (Å²) in [6.45, 7) is 6.09. The smallest absolute Gasteiger partial charge is 0.291 e. The van der Waals surface area contributed by atoms with Crippen LogP contribution in [0.15, 0.2) is 47.1 Å². The average molecular weight is 888 g/mol. The molecule has 2 fully saturated rings. The van der Waals surface area contributed by atoms with Crippen LogP contribution < -0.4 is 19.5 Å². The number of hydrogen-bond acceptors (Lipinski definition) is 13. The van der Waals surface area contributed by atoms with E-state index in [1.807, 2.05) is 42.7 Å². The quantitative estimate of drug-likeness (QED) is 0.186. The molecule has 62 heavy (non-hydrogen) atoms. The Kier molecular flexibility index (Phi) is 13.8. The van der Waals surface area contributed by atoms with Crippen molar-refractivity contribution in [1.82, 2.24) is 39.7 Å². The summed E-state index contributed by atoms with van der Waals surface area (Å²) in [4.78, 5) is 74.7. The number of aryl methyl sites for hydroxylation is 2. The van der Waals surface area contributed by atoms with Crippen LogP contribution in [0.2, 0.25) is 0 Å². The number of fused-ring (bicyclic) bond motifs is 2. The van der Waals surface area contributed by atoms with Crippen LogP contribution in [0, 0.1) is 12.8 Å². The highest BCUT2D eigenvalue weighted by molar-refractivity contribution is 7.90. The molecule has 17 nitrogen and oxygen atoms in total. The summed E-state index contributed by atoms with van der Waals surface area (Å²) >= 11 is 1.48. The van der Waals surface area contributed by atoms with Crippen molar-refractivity contribution in [2.24, 2.45) is 18.0 Å². The van der Waals surface area contributed by atoms with Crippen LogP contribution in [0.1, 0.15) is 106 Å². The molecule has 19 heteroatoms. The molecule has 1 aliphatic carbocycles. The van der Waals surface area contributed by atoms with Gasteiger partial charge in [-0.05, 0) is 69.4 Å². The van der Waals surface area contributed by atoms with E-state index in [1.54, 1.807) is 14.2 Å². The standard InChI is InChI=1S/C43H53N9O8S2/c1-25(2)33-23-61-42(48-33)32-21-36(30-15-16-35(59-5)26(3)38(30)46-32)60-28-20-34-40(54)44-18-17-27(19-37(53)50-62(57,58)29-13-14-29)11-9-7-6-8-10-12-31(43(56)52(34)22-28)47-41(55)39-45-24-51(4)49-39/h9,11,15-16,18,21,23-25,27-29,31,34H,6-8,10,12-14,17,19-20,22H2,1-5H3,(H,47,55)(H,50,53)/b11-9-,44-18?/t27-,28-,31+,34+/m1/s1. The van der Waals surface area contributed by atoms with Gasteiger partial charge >= 0.3 is 0 Å². The maximum atomic E-state index is 14.7. The first-order valence-corrected chi connectivity index (χ1v) is 23.5. The number of carbonyl (C=O) groups excluding carboxylic acids is 4. The minimum atomic E-state index is -3.72. The maximum Gasteiger partial charge on any atom is 0.291 e. The van der Waals surface area contributed by atoms with Crippen LogP contribution in [-0.4, -0.2) is 105 Å². The third-order valence-electron chi connectivity index (χ3n) is 11.3. The van der Waals surface area contributed by atoms with E-state index in [0.29, 0.717) is 58.8 Å². The van der Waals surface area contributed by atoms with E-state index in [9.17, 15) is 27.6 Å². The molecule has 330 valence electrons. The number of carbonyl (C=O) groups is 4. The van der Waals surface area contributed by atoms with E-state index in [-0.39, 0.29) is 44.0 Å². The summed E-state index contributed by atoms with van der Waals surface area (Å²) in [6.07, 6.45) is 10.2. The molecule has 2 N–H and O–H groups in total. The number of nitrogens with zero attached hydrogens (tertiary/aromatic N) is 7. The predicted octanol–water partition coefficient (Wildman–Crippen LogP) is 5.20. The van der Waals surface area contributed by atoms with Crippen molar-refractivity contribution in [2.45, 2.75) is 114 Å². The Morgan fingerprint density at radius 2 is 1.87 bits per heavy atom. The number of allylic oxidation sites excluding steroid dienone is 2. The van der Waals surface area contributed by atoms with E-state index >= 15 is 0 Å². The van der Waals surface area contributed by atoms with Gasteiger partial charge in [-0.15, -0.1) is 16.4 Å². The van der Waals surface area contributed by atoms with Gasteiger partial charge in [0.2, 0.25) is 27.7 Å². The molecule has 7 rings (SSSR count). The molecule has 4 aromatic rings. The monoisotopic (exact) mass is 887 g/mol. The third-order valence-corrected chi connectivity index (χ3v) is 14.0. The molecule has 0 bridgehead atoms. The molecule has 5 heterocycles. The molecule has 3 aromatic heterocycles. The molecule has 4 atom stereocenters. The van der Waals surface area contributed by atoms with Gasteiger partial charge in [-0.25, -0.2) is 28.4 Å². The third kappa shape index (κ3) is 10.5. The van der Waals surface area contributed by atoms with E-state index in [0.717, 1.165) is 24.1 Å². The zero-order valence-electron chi connectivity index (χ0n) is 35.6. The van der Waals surface area contributed by atoms with Crippen LogP contribution in [0.25, 0.3) is 21.6 Å². The van der Waals surface area contributed by atoms with Crippen molar-refractivity contribution < 1.29 is 37.1 Å². The number of hydrogen-bond donors (Lipinski definition) is 2. The van der Waals surface area contributed by atoms with Crippen molar-refractivity contribution in [1.29, 1.82) is 0 Å². The number of nitrogens with one attached hydrogen (secondary N) is 2. The second kappa shape index (κ2) is 19.2. The number of rotatable bonds is 11. The highest BCUT2D eigenvalue weighted by Crippen LogP contribution is 2.38. The Balaban J connectivity index is 1.19. The van der Waals surface area contributed by atoms with Crippen molar-refractivity contribution >= 4 is 62.1 Å². The number of sulfonamides is 1. The van der Waals surface area contributed by atoms with Crippen LogP contribution in [0.5, 0.6) is 11.5 Å². The molecule has 2 aliphatic heterocycles. The topological polar surface area (TPSA) is 217 Å². The normalized spacial score (nSPS) is 22.1. The van der Waals surface area contributed by atoms with Crippen molar-refractivity contribution in [2.75, 3.05) is 13.7 Å². The summed E-state index contributed by atoms with van der Waals surface area (Å²) < 4.78 is 40.9. The molecule has 1 saturated carbocycles. The molecule has 0 spiro atoms. The maximum absolute atomic E-state index is 14.7. The zero-order valence-corrected chi connectivity index (χ0v) is 37.2. The number of aliphatic imine (C=N–C) groups is 1. The summed E-state index contributed by atoms with van der Waals surface area (Å²) in [5, 5.41) is 9.86. The summed E-state index contributed by atoms with van der Waals surface area (Å²) in [7, 11) is -0.478. The molecule has 0 unspecified atom stereocenters. The van der Waals surface area contributed by atoms with Crippen LogP contribution in [0.3, 0.4) is 0 Å². The predicted molar refractivity (Wildman–Crippen MR) is 234 cm³/mol. The minimum absolute atomic E-state index is 0.0169. The lowest BCUT2D eigenvalue weighted by Gasteiger charge is -2.27. The van der Waals surface area contributed by atoms with Crippen molar-refractivity contribution in [3.8, 4) is 22.2 Å². The van der Waals surface area contributed by atoms with Gasteiger partial charge in [0, 0.05) is 48.5 Å². The van der Waals surface area contributed by atoms with E-state index in [2.05, 4.69) is 39.0 Å². The first-order valence-electron chi connectivity index (χ1n) is 21.1. The van der Waals surface area contributed by atoms with Gasteiger partial charge < -0.3 is 19.7 Å². The van der Waals surface area contributed by atoms with Gasteiger partial charge in [0.25, 0.3) is 11.8 Å². The molecule has 1 saturated heterocycles. The van der Waals surface area contributed by atoms with Gasteiger partial charge in [0.15, 0.2) is 0 Å². The second-order valence-electron chi connectivity index (χ2n) is 16.5. The molecule has 4 amide bonds. The SMILES string of the molecule is COc1ccc2c(O[C@@H]3C[C@H]4C(=O)N=CC[C@H](CC(=O)NS(=O)(=O)C5CC5)/C=C\CCCCC[C@H](NC(=O)c5ncn(C)n5)C(=O)N4C3)cc(-c3nc(C(C)C)cs3)nc2c1C. The van der Waals surface area contributed by atoms with E-state index in [4.69, 9.17) is 19.4 Å². The lowest BCUT2D eigenvalue weighted by Crippen LogP contribution is -2.52. The number of ether oxygens (including phenoxy) is 2. The minimum Gasteiger partial charge on any atom is -0.496 e. The highest BCUT2D eigenvalue weighted by Gasteiger charge is 2.43. The van der Waals surface area contributed by atoms with Gasteiger partial charge in [0.1, 0.15) is 46.7 Å². The molecular formula is C43H53N9O8S2. The average Bonchev–Trinajstić information content (AvgIpc) is 3.60. The summed E-state index contributed by atoms with van der Waals surface area (Å²) in [5.74, 6) is -1.42. The van der Waals surface area contributed by atoms with E-state index in [1.165, 1.54) is 33.5 Å². The lowest BCUT2D eigenvalue weighted by atomic mass is 9.99. The largest absolute Gasteiger partial charge is 0.496 e. The Labute approximate surface area is 364 Å². The number of pyridine rings is 1. The van der Waals surface area contributed by atoms with Gasteiger partial charge in [-0.2, -0.15) is 0 Å². The second-order valence-corrected chi connectivity index (χ2v) is 19.3. The molecule has 3 aliphatic rings. The van der Waals surface area contributed by atoms with Crippen LogP contribution in [-0.2, 0) is 31.5 Å². The fourth-order valence-corrected chi connectivity index (χ4v) is 9.98. The van der Waals surface area contributed by atoms with E-state index < -0.39 is 63.0 Å². The Hall–Kier alpha value is -5.56. The van der Waals surface area contributed by atoms with Crippen molar-refractivity contribution in [3.05, 3.63) is 59.1 Å². The van der Waals surface area contributed by atoms with Gasteiger partial charge in [0.05, 0.1) is 30.1 Å². The fraction of sp³-hybridized carbons (Fsp3) is 0.512. The van der Waals surface area contributed by atoms with Crippen LogP contribution in [0.4, 0.5) is 0 Å². The summed E-state index contributed by atoms with van der Waals surface area (Å²) in [6, 6.07) is 3.51. The number of aromatic nitrogens is 5. The Morgan fingerprint density at radius 3 is 2.58 bits per heavy atom. The highest BCUT2D eigenvalue weighted by atomic mass is 32.2. The van der Waals surface area contributed by atoms with Gasteiger partial charge in [-0.3, -0.25) is 28.6 Å². The number of benzene rings is 1. The lowest BCUT2D eigenvalue weighted by molar-refractivity contribution is -0.139. The molecule has 1 aromatic carbocycles. The Morgan fingerprint density at radius 1 is 1.06 bits per heavy atom. The first kappa shape index (κ1) is 44.5. The first-order chi connectivity index (χ1) is 29.7. The van der Waals surface area contributed by atoms with Crippen molar-refractivity contribution in [3.63, 3.8) is 0 Å². The fourth-order valence-electron chi connectivity index (χ4n) is 7.71. The van der Waals surface area contributed by atoms with Crippen LogP contribution >= 0.6 is 11.3 Å². The number of thiazole rings is 1. The number of amides is 4. The van der Waals surface area contributed by atoms with Gasteiger partial charge in [-0.1, -0.05) is 38.8 Å². The molecule has 0 radical (unpaired) electrons. The number of methoxy groups -OCH3 is 1. The zero-order chi connectivity index (χ0) is 44.1. The molecular weight excluding hydrogens is 835 g/mol. The Bertz CT molecular complexity index is 2490.